The van der Waals surface area contributed by atoms with Gasteiger partial charge in [-0.15, -0.1) is 0 Å². The van der Waals surface area contributed by atoms with Gasteiger partial charge in [-0.1, -0.05) is 74.0 Å². The first kappa shape index (κ1) is 17.6. The Kier molecular flexibility index (Phi) is 5.39. The Labute approximate surface area is 162 Å². The van der Waals surface area contributed by atoms with E-state index in [-0.39, 0.29) is 0 Å². The molecule has 136 valence electrons. The van der Waals surface area contributed by atoms with E-state index in [1.54, 1.807) is 5.56 Å². The van der Waals surface area contributed by atoms with E-state index in [4.69, 9.17) is 0 Å². The Balaban J connectivity index is 0.000000218. The van der Waals surface area contributed by atoms with Crippen LogP contribution in [0.15, 0.2) is 73.1 Å². The molecule has 0 fully saturated rings. The zero-order valence-electron chi connectivity index (χ0n) is 16.0. The van der Waals surface area contributed by atoms with Crippen LogP contribution in [-0.4, -0.2) is 0 Å². The Bertz CT molecular complexity index is 1010. The molecule has 0 radical (unpaired) electrons. The van der Waals surface area contributed by atoms with Crippen LogP contribution < -0.4 is 15.8 Å². The largest absolute Gasteiger partial charge is 0.368 e. The quantitative estimate of drug-likeness (QED) is 0.789. The Morgan fingerprint density at radius 1 is 0.815 bits per heavy atom. The maximum Gasteiger partial charge on any atom is 0.000442 e. The van der Waals surface area contributed by atoms with Gasteiger partial charge in [-0.05, 0) is 70.0 Å². The summed E-state index contributed by atoms with van der Waals surface area (Å²) in [7, 11) is 0. The normalized spacial score (nSPS) is 18.3. The molecule has 27 heavy (non-hydrogen) atoms. The summed E-state index contributed by atoms with van der Waals surface area (Å²) in [5.41, 5.74) is 5.87. The molecular weight excluding hydrogens is 326 g/mol. The standard InChI is InChI=1S/C20H20.C6H7N/c1-2-14-7-10-18-16(13-14)9-12-19-17-6-4-3-5-15(17)8-11-20(18)19;1-2-4-6-7-5-3-1/h3-6,9-12,14H,2,7-8,13H2,1H3;1-7H. The lowest BCUT2D eigenvalue weighted by Gasteiger charge is -2.21. The van der Waals surface area contributed by atoms with Crippen molar-refractivity contribution < 1.29 is 0 Å². The van der Waals surface area contributed by atoms with Crippen LogP contribution in [0.25, 0.3) is 23.3 Å². The number of fused-ring (bicyclic) bond motifs is 5. The van der Waals surface area contributed by atoms with Crippen molar-refractivity contribution in [2.75, 3.05) is 0 Å². The lowest BCUT2D eigenvalue weighted by Crippen LogP contribution is -2.35. The molecule has 1 aliphatic heterocycles. The molecule has 2 aliphatic carbocycles. The van der Waals surface area contributed by atoms with E-state index >= 15 is 0 Å². The van der Waals surface area contributed by atoms with E-state index in [9.17, 15) is 0 Å². The molecule has 0 saturated carbocycles. The van der Waals surface area contributed by atoms with E-state index in [1.807, 2.05) is 36.7 Å². The summed E-state index contributed by atoms with van der Waals surface area (Å²) in [6.07, 6.45) is 21.4. The fourth-order valence-electron chi connectivity index (χ4n) is 4.12. The SMILES string of the molecule is C1=CC=CNC=C1.CCC1CC=c2c(ccc3c2=CCc2ccccc2-3)C1. The van der Waals surface area contributed by atoms with Crippen molar-refractivity contribution in [1.82, 2.24) is 5.32 Å². The van der Waals surface area contributed by atoms with Crippen LogP contribution in [0.1, 0.15) is 30.9 Å². The van der Waals surface area contributed by atoms with Crippen LogP contribution in [0, 0.1) is 5.92 Å². The second-order valence-corrected chi connectivity index (χ2v) is 7.35. The maximum absolute atomic E-state index is 2.92. The second kappa shape index (κ2) is 8.26. The molecule has 0 spiro atoms. The molecule has 1 nitrogen and oxygen atoms in total. The molecule has 5 rings (SSSR count). The van der Waals surface area contributed by atoms with Crippen LogP contribution in [0.4, 0.5) is 0 Å². The molecule has 0 bridgehead atoms. The first-order valence-electron chi connectivity index (χ1n) is 10.0. The maximum atomic E-state index is 2.92. The zero-order chi connectivity index (χ0) is 18.5. The van der Waals surface area contributed by atoms with E-state index in [0.29, 0.717) is 0 Å². The minimum Gasteiger partial charge on any atom is -0.368 e. The molecule has 1 heterocycles. The summed E-state index contributed by atoms with van der Waals surface area (Å²) >= 11 is 0. The van der Waals surface area contributed by atoms with Gasteiger partial charge in [0.2, 0.25) is 0 Å². The minimum atomic E-state index is 0.844. The molecule has 1 unspecified atom stereocenters. The third kappa shape index (κ3) is 3.83. The molecule has 0 aromatic heterocycles. The molecule has 2 aromatic rings. The van der Waals surface area contributed by atoms with Crippen molar-refractivity contribution >= 4 is 12.2 Å². The predicted molar refractivity (Wildman–Crippen MR) is 116 cm³/mol. The number of hydrogen-bond acceptors (Lipinski definition) is 1. The first-order valence-corrected chi connectivity index (χ1v) is 10.0. The number of rotatable bonds is 1. The number of hydrogen-bond donors (Lipinski definition) is 1. The van der Waals surface area contributed by atoms with Gasteiger partial charge in [-0.3, -0.25) is 0 Å². The lowest BCUT2D eigenvalue weighted by molar-refractivity contribution is 0.514. The summed E-state index contributed by atoms with van der Waals surface area (Å²) in [6, 6.07) is 13.5. The Morgan fingerprint density at radius 3 is 2.44 bits per heavy atom. The number of benzene rings is 2. The summed E-state index contributed by atoms with van der Waals surface area (Å²) < 4.78 is 0. The Morgan fingerprint density at radius 2 is 1.63 bits per heavy atom. The molecule has 1 N–H and O–H groups in total. The van der Waals surface area contributed by atoms with E-state index in [0.717, 1.165) is 12.3 Å². The average molecular weight is 354 g/mol. The van der Waals surface area contributed by atoms with Gasteiger partial charge in [0.25, 0.3) is 0 Å². The van der Waals surface area contributed by atoms with Gasteiger partial charge < -0.3 is 5.32 Å². The Hall–Kier alpha value is -2.80. The van der Waals surface area contributed by atoms with Crippen LogP contribution in [-0.2, 0) is 12.8 Å². The highest BCUT2D eigenvalue weighted by Gasteiger charge is 2.16. The molecule has 2 aromatic carbocycles. The third-order valence-corrected chi connectivity index (χ3v) is 5.67. The molecule has 1 atom stereocenters. The molecule has 3 aliphatic rings. The highest BCUT2D eigenvalue weighted by molar-refractivity contribution is 5.74. The van der Waals surface area contributed by atoms with Crippen LogP contribution >= 0.6 is 0 Å². The summed E-state index contributed by atoms with van der Waals surface area (Å²) in [4.78, 5) is 0. The summed E-state index contributed by atoms with van der Waals surface area (Å²) in [5.74, 6) is 0.844. The van der Waals surface area contributed by atoms with Crippen molar-refractivity contribution in [2.45, 2.75) is 32.6 Å². The second-order valence-electron chi connectivity index (χ2n) is 7.35. The van der Waals surface area contributed by atoms with Crippen molar-refractivity contribution in [3.05, 3.63) is 94.7 Å². The fraction of sp³-hybridized carbons (Fsp3) is 0.231. The van der Waals surface area contributed by atoms with Gasteiger partial charge in [0.1, 0.15) is 0 Å². The summed E-state index contributed by atoms with van der Waals surface area (Å²) in [6.45, 7) is 2.31. The van der Waals surface area contributed by atoms with Gasteiger partial charge in [-0.25, -0.2) is 0 Å². The molecule has 0 saturated heterocycles. The topological polar surface area (TPSA) is 12.0 Å². The number of allylic oxidation sites excluding steroid dienone is 4. The van der Waals surface area contributed by atoms with Gasteiger partial charge in [0.15, 0.2) is 0 Å². The van der Waals surface area contributed by atoms with E-state index < -0.39 is 0 Å². The van der Waals surface area contributed by atoms with Gasteiger partial charge in [0, 0.05) is 12.4 Å². The highest BCUT2D eigenvalue weighted by Crippen LogP contribution is 2.25. The van der Waals surface area contributed by atoms with Gasteiger partial charge in [-0.2, -0.15) is 0 Å². The van der Waals surface area contributed by atoms with Crippen molar-refractivity contribution in [2.24, 2.45) is 5.92 Å². The summed E-state index contributed by atoms with van der Waals surface area (Å²) in [5, 5.41) is 5.92. The van der Waals surface area contributed by atoms with Gasteiger partial charge >= 0.3 is 0 Å². The van der Waals surface area contributed by atoms with Crippen LogP contribution in [0.3, 0.4) is 0 Å². The van der Waals surface area contributed by atoms with E-state index in [1.165, 1.54) is 46.4 Å². The monoisotopic (exact) mass is 353 g/mol. The van der Waals surface area contributed by atoms with Gasteiger partial charge in [0.05, 0.1) is 0 Å². The predicted octanol–water partition coefficient (Wildman–Crippen LogP) is 4.62. The molecular formula is C26H27N. The molecule has 0 amide bonds. The van der Waals surface area contributed by atoms with Crippen molar-refractivity contribution in [1.29, 1.82) is 0 Å². The first-order chi connectivity index (χ1) is 13.4. The molecule has 1 heteroatoms. The zero-order valence-corrected chi connectivity index (χ0v) is 16.0. The van der Waals surface area contributed by atoms with Crippen molar-refractivity contribution in [3.63, 3.8) is 0 Å². The lowest BCUT2D eigenvalue weighted by atomic mass is 9.83. The minimum absolute atomic E-state index is 0.844. The fourth-order valence-corrected chi connectivity index (χ4v) is 4.12. The van der Waals surface area contributed by atoms with Crippen LogP contribution in [0.2, 0.25) is 0 Å². The van der Waals surface area contributed by atoms with Crippen molar-refractivity contribution in [3.8, 4) is 11.1 Å². The van der Waals surface area contributed by atoms with Crippen LogP contribution in [0.5, 0.6) is 0 Å². The number of nitrogens with one attached hydrogen (secondary N) is 1. The highest BCUT2D eigenvalue weighted by atomic mass is 14.8. The average Bonchev–Trinajstić information content (AvgIpc) is 3.06. The third-order valence-electron chi connectivity index (χ3n) is 5.67. The smallest absolute Gasteiger partial charge is 0.000442 e. The van der Waals surface area contributed by atoms with E-state index in [2.05, 4.69) is 60.8 Å².